The number of benzene rings is 6. The predicted octanol–water partition coefficient (Wildman–Crippen LogP) is 12.1. The second-order valence-corrected chi connectivity index (χ2v) is 18.4. The summed E-state index contributed by atoms with van der Waals surface area (Å²) in [6, 6.07) is 53.8. The molecular formula is C52H44N3P. The SMILES string of the molecule is C/C(=N\C(NC(C)c1ccccc1)c1ccc2c(c1)P1(c3cccc(-c4ccc5c6ccccc6n(-c6ccccc6)c5c4)c3)=C2C=CC=C1)C1=CC=CCC1. The van der Waals surface area contributed by atoms with Crippen molar-refractivity contribution in [1.82, 2.24) is 9.88 Å². The molecule has 272 valence electrons. The summed E-state index contributed by atoms with van der Waals surface area (Å²) >= 11 is 0. The number of para-hydroxylation sites is 2. The van der Waals surface area contributed by atoms with E-state index in [9.17, 15) is 0 Å². The van der Waals surface area contributed by atoms with Crippen molar-refractivity contribution in [3.8, 4) is 16.8 Å². The Bertz CT molecular complexity index is 2870. The van der Waals surface area contributed by atoms with Gasteiger partial charge in [0.1, 0.15) is 6.17 Å². The number of aromatic nitrogens is 1. The van der Waals surface area contributed by atoms with Crippen LogP contribution in [0, 0.1) is 0 Å². The van der Waals surface area contributed by atoms with Crippen LogP contribution in [0.3, 0.4) is 0 Å². The summed E-state index contributed by atoms with van der Waals surface area (Å²) in [6.07, 6.45) is 15.4. The minimum absolute atomic E-state index is 0.127. The quantitative estimate of drug-likeness (QED) is 0.116. The van der Waals surface area contributed by atoms with Crippen molar-refractivity contribution in [3.63, 3.8) is 0 Å². The summed E-state index contributed by atoms with van der Waals surface area (Å²) in [6.45, 7) is 2.45. The third-order valence-electron chi connectivity index (χ3n) is 11.8. The fraction of sp³-hybridized carbons (Fsp3) is 0.115. The van der Waals surface area contributed by atoms with Crippen LogP contribution in [0.15, 0.2) is 198 Å². The molecule has 2 aliphatic heterocycles. The van der Waals surface area contributed by atoms with E-state index in [4.69, 9.17) is 4.99 Å². The molecule has 1 N–H and O–H groups in total. The lowest BCUT2D eigenvalue weighted by atomic mass is 10.0. The third-order valence-corrected chi connectivity index (χ3v) is 15.8. The first-order chi connectivity index (χ1) is 27.6. The molecule has 56 heavy (non-hydrogen) atoms. The van der Waals surface area contributed by atoms with Crippen molar-refractivity contribution < 1.29 is 0 Å². The van der Waals surface area contributed by atoms with Crippen molar-refractivity contribution in [2.45, 2.75) is 38.9 Å². The molecule has 3 heterocycles. The molecule has 0 radical (unpaired) electrons. The lowest BCUT2D eigenvalue weighted by Gasteiger charge is -2.40. The van der Waals surface area contributed by atoms with E-state index in [1.54, 1.807) is 0 Å². The molecule has 0 fully saturated rings. The van der Waals surface area contributed by atoms with E-state index >= 15 is 0 Å². The standard InChI is InChI=1S/C52H44N3P/c1-36(38-17-6-3-7-18-38)53-52(54-37(2)39-19-8-4-9-20-39)42-29-31-47-50-27-14-15-32-56(50,51(47)35-42)44-24-16-21-40(33-44)41-28-30-46-45-25-12-13-26-48(45)55(49(46)34-41)43-22-10-5-11-23-43/h3-8,10-19,21-36,52-53H,9,20H2,1-2H3/b54-37+. The van der Waals surface area contributed by atoms with Crippen molar-refractivity contribution >= 4 is 50.3 Å². The molecule has 0 amide bonds. The molecule has 3 unspecified atom stereocenters. The molecule has 0 saturated carbocycles. The average Bonchev–Trinajstić information content (AvgIpc) is 3.59. The molecule has 6 aromatic carbocycles. The highest BCUT2D eigenvalue weighted by atomic mass is 31.2. The van der Waals surface area contributed by atoms with E-state index < -0.39 is 6.89 Å². The molecule has 3 atom stereocenters. The van der Waals surface area contributed by atoms with Crippen LogP contribution < -0.4 is 15.9 Å². The fourth-order valence-corrected chi connectivity index (χ4v) is 12.9. The summed E-state index contributed by atoms with van der Waals surface area (Å²) in [7, 11) is 0. The van der Waals surface area contributed by atoms with Crippen LogP contribution in [0.1, 0.15) is 55.6 Å². The zero-order chi connectivity index (χ0) is 37.6. The molecular weight excluding hydrogens is 698 g/mol. The highest BCUT2D eigenvalue weighted by Crippen LogP contribution is 2.58. The highest BCUT2D eigenvalue weighted by molar-refractivity contribution is 7.95. The van der Waals surface area contributed by atoms with Gasteiger partial charge in [0.25, 0.3) is 0 Å². The first-order valence-electron chi connectivity index (χ1n) is 19.8. The number of allylic oxidation sites excluding steroid dienone is 7. The topological polar surface area (TPSA) is 29.3 Å². The van der Waals surface area contributed by atoms with Gasteiger partial charge >= 0.3 is 0 Å². The van der Waals surface area contributed by atoms with Gasteiger partial charge in [-0.05, 0) is 119 Å². The van der Waals surface area contributed by atoms with Gasteiger partial charge in [0, 0.05) is 28.2 Å². The van der Waals surface area contributed by atoms with Gasteiger partial charge < -0.3 is 4.57 Å². The van der Waals surface area contributed by atoms with E-state index in [1.807, 2.05) is 0 Å². The van der Waals surface area contributed by atoms with Crippen LogP contribution in [0.2, 0.25) is 0 Å². The fourth-order valence-electron chi connectivity index (χ4n) is 8.93. The predicted molar refractivity (Wildman–Crippen MR) is 242 cm³/mol. The largest absolute Gasteiger partial charge is 0.309 e. The number of nitrogens with zero attached hydrogens (tertiary/aromatic N) is 2. The van der Waals surface area contributed by atoms with Crippen LogP contribution in [-0.4, -0.2) is 15.6 Å². The molecule has 1 aliphatic carbocycles. The Morgan fingerprint density at radius 2 is 1.48 bits per heavy atom. The Labute approximate surface area is 329 Å². The second-order valence-electron chi connectivity index (χ2n) is 15.1. The highest BCUT2D eigenvalue weighted by Gasteiger charge is 2.38. The van der Waals surface area contributed by atoms with E-state index in [2.05, 4.69) is 212 Å². The van der Waals surface area contributed by atoms with Crippen LogP contribution in [-0.2, 0) is 0 Å². The zero-order valence-electron chi connectivity index (χ0n) is 31.8. The first kappa shape index (κ1) is 34.5. The zero-order valence-corrected chi connectivity index (χ0v) is 32.7. The Balaban J connectivity index is 1.07. The van der Waals surface area contributed by atoms with Crippen LogP contribution in [0.4, 0.5) is 0 Å². The van der Waals surface area contributed by atoms with Gasteiger partial charge in [-0.1, -0.05) is 151 Å². The van der Waals surface area contributed by atoms with Crippen molar-refractivity contribution in [2.75, 3.05) is 0 Å². The Hall–Kier alpha value is -5.99. The lowest BCUT2D eigenvalue weighted by Crippen LogP contribution is -2.36. The Kier molecular flexibility index (Phi) is 8.78. The second kappa shape index (κ2) is 14.3. The third kappa shape index (κ3) is 5.82. The average molecular weight is 742 g/mol. The van der Waals surface area contributed by atoms with Crippen LogP contribution in [0.5, 0.6) is 0 Å². The summed E-state index contributed by atoms with van der Waals surface area (Å²) in [5, 5.41) is 10.8. The molecule has 3 nitrogen and oxygen atoms in total. The lowest BCUT2D eigenvalue weighted by molar-refractivity contribution is 0.481. The Morgan fingerprint density at radius 3 is 2.32 bits per heavy atom. The minimum atomic E-state index is -1.96. The summed E-state index contributed by atoms with van der Waals surface area (Å²) in [4.78, 5) is 5.43. The molecule has 10 rings (SSSR count). The molecule has 0 saturated heterocycles. The maximum atomic E-state index is 5.43. The maximum Gasteiger partial charge on any atom is 0.126 e. The van der Waals surface area contributed by atoms with Gasteiger partial charge in [-0.25, -0.2) is 0 Å². The minimum Gasteiger partial charge on any atom is -0.309 e. The molecule has 1 aromatic heterocycles. The molecule has 3 aliphatic rings. The molecule has 0 bridgehead atoms. The number of hydrogen-bond acceptors (Lipinski definition) is 2. The van der Waals surface area contributed by atoms with Gasteiger partial charge in [0.2, 0.25) is 0 Å². The van der Waals surface area contributed by atoms with Gasteiger partial charge in [-0.15, -0.1) is 0 Å². The van der Waals surface area contributed by atoms with E-state index in [-0.39, 0.29) is 12.2 Å². The molecule has 0 spiro atoms. The van der Waals surface area contributed by atoms with Gasteiger partial charge in [0.05, 0.1) is 11.0 Å². The normalized spacial score (nSPS) is 18.4. The number of fused-ring (bicyclic) bond motifs is 6. The number of nitrogens with one attached hydrogen (secondary N) is 1. The smallest absolute Gasteiger partial charge is 0.126 e. The van der Waals surface area contributed by atoms with Crippen molar-refractivity contribution in [2.24, 2.45) is 4.99 Å². The van der Waals surface area contributed by atoms with Crippen molar-refractivity contribution in [3.05, 3.63) is 210 Å². The summed E-state index contributed by atoms with van der Waals surface area (Å²) < 4.78 is 2.41. The Morgan fingerprint density at radius 1 is 0.696 bits per heavy atom. The first-order valence-corrected chi connectivity index (χ1v) is 21.6. The van der Waals surface area contributed by atoms with E-state index in [0.29, 0.717) is 0 Å². The van der Waals surface area contributed by atoms with E-state index in [1.165, 1.54) is 76.8 Å². The van der Waals surface area contributed by atoms with Gasteiger partial charge in [-0.2, -0.15) is 0 Å². The van der Waals surface area contributed by atoms with E-state index in [0.717, 1.165) is 18.6 Å². The van der Waals surface area contributed by atoms with Crippen molar-refractivity contribution in [1.29, 1.82) is 0 Å². The number of aliphatic imine (C=N–C) groups is 1. The maximum absolute atomic E-state index is 5.43. The van der Waals surface area contributed by atoms with Gasteiger partial charge in [-0.3, -0.25) is 10.3 Å². The van der Waals surface area contributed by atoms with Crippen LogP contribution >= 0.6 is 6.89 Å². The monoisotopic (exact) mass is 741 g/mol. The van der Waals surface area contributed by atoms with Crippen LogP contribution in [0.25, 0.3) is 38.6 Å². The number of hydrogen-bond donors (Lipinski definition) is 1. The van der Waals surface area contributed by atoms with Gasteiger partial charge in [0.15, 0.2) is 0 Å². The molecule has 4 heteroatoms. The molecule has 7 aromatic rings. The number of rotatable bonds is 9. The summed E-state index contributed by atoms with van der Waals surface area (Å²) in [5.41, 5.74) is 12.3. The summed E-state index contributed by atoms with van der Waals surface area (Å²) in [5.74, 6) is 2.51.